The lowest BCUT2D eigenvalue weighted by Gasteiger charge is -2.15. The highest BCUT2D eigenvalue weighted by atomic mass is 16.5. The molecule has 3 nitrogen and oxygen atoms in total. The van der Waals surface area contributed by atoms with Crippen LogP contribution < -0.4 is 9.47 Å². The van der Waals surface area contributed by atoms with Crippen LogP contribution in [-0.4, -0.2) is 12.2 Å². The summed E-state index contributed by atoms with van der Waals surface area (Å²) in [6.07, 6.45) is 0.369. The molecule has 0 aliphatic rings. The number of hydrogen-bond donors (Lipinski definition) is 1. The fourth-order valence-corrected chi connectivity index (χ4v) is 2.05. The van der Waals surface area contributed by atoms with Gasteiger partial charge in [-0.3, -0.25) is 0 Å². The summed E-state index contributed by atoms with van der Waals surface area (Å²) in [5.74, 6) is 1.99. The smallest absolute Gasteiger partial charge is 0.169 e. The SMILES string of the molecule is CCc1ccc(Oc2ccccc2C(C)O)c(OC)c1. The van der Waals surface area contributed by atoms with Gasteiger partial charge in [0.25, 0.3) is 0 Å². The van der Waals surface area contributed by atoms with E-state index in [-0.39, 0.29) is 0 Å². The summed E-state index contributed by atoms with van der Waals surface area (Å²) in [6.45, 7) is 3.82. The second-order valence-corrected chi connectivity index (χ2v) is 4.65. The van der Waals surface area contributed by atoms with E-state index in [1.54, 1.807) is 14.0 Å². The maximum absolute atomic E-state index is 9.78. The normalized spacial score (nSPS) is 12.0. The molecule has 1 atom stereocenters. The lowest BCUT2D eigenvalue weighted by molar-refractivity contribution is 0.195. The van der Waals surface area contributed by atoms with E-state index in [9.17, 15) is 5.11 Å². The van der Waals surface area contributed by atoms with Gasteiger partial charge < -0.3 is 14.6 Å². The lowest BCUT2D eigenvalue weighted by atomic mass is 10.1. The topological polar surface area (TPSA) is 38.7 Å². The van der Waals surface area contributed by atoms with Gasteiger partial charge in [-0.2, -0.15) is 0 Å². The van der Waals surface area contributed by atoms with Gasteiger partial charge in [-0.1, -0.05) is 31.2 Å². The fourth-order valence-electron chi connectivity index (χ4n) is 2.05. The third-order valence-electron chi connectivity index (χ3n) is 3.23. The second kappa shape index (κ2) is 6.44. The van der Waals surface area contributed by atoms with E-state index in [1.807, 2.05) is 42.5 Å². The molecule has 106 valence electrons. The molecule has 3 heteroatoms. The number of aliphatic hydroxyl groups excluding tert-OH is 1. The molecule has 0 heterocycles. The molecule has 0 saturated carbocycles. The molecule has 0 radical (unpaired) electrons. The molecule has 0 aliphatic heterocycles. The van der Waals surface area contributed by atoms with Crippen molar-refractivity contribution in [2.45, 2.75) is 26.4 Å². The third-order valence-corrected chi connectivity index (χ3v) is 3.23. The number of ether oxygens (including phenoxy) is 2. The molecule has 1 unspecified atom stereocenters. The molecule has 2 rings (SSSR count). The largest absolute Gasteiger partial charge is 0.493 e. The van der Waals surface area contributed by atoms with Gasteiger partial charge in [-0.05, 0) is 37.1 Å². The summed E-state index contributed by atoms with van der Waals surface area (Å²) in [7, 11) is 1.63. The Morgan fingerprint density at radius 2 is 1.80 bits per heavy atom. The number of hydrogen-bond acceptors (Lipinski definition) is 3. The van der Waals surface area contributed by atoms with Crippen LogP contribution >= 0.6 is 0 Å². The lowest BCUT2D eigenvalue weighted by Crippen LogP contribution is -1.97. The van der Waals surface area contributed by atoms with E-state index in [0.29, 0.717) is 17.2 Å². The molecule has 0 fully saturated rings. The summed E-state index contributed by atoms with van der Waals surface area (Å²) >= 11 is 0. The predicted octanol–water partition coefficient (Wildman–Crippen LogP) is 4.10. The van der Waals surface area contributed by atoms with Crippen molar-refractivity contribution < 1.29 is 14.6 Å². The van der Waals surface area contributed by atoms with Gasteiger partial charge in [0.15, 0.2) is 11.5 Å². The van der Waals surface area contributed by atoms with Crippen molar-refractivity contribution in [3.8, 4) is 17.2 Å². The van der Waals surface area contributed by atoms with Crippen molar-refractivity contribution in [2.24, 2.45) is 0 Å². The predicted molar refractivity (Wildman–Crippen MR) is 79.5 cm³/mol. The van der Waals surface area contributed by atoms with Crippen LogP contribution in [0.5, 0.6) is 17.2 Å². The van der Waals surface area contributed by atoms with E-state index in [1.165, 1.54) is 5.56 Å². The molecule has 1 N–H and O–H groups in total. The Kier molecular flexibility index (Phi) is 4.64. The highest BCUT2D eigenvalue weighted by Crippen LogP contribution is 2.35. The van der Waals surface area contributed by atoms with Gasteiger partial charge in [0.2, 0.25) is 0 Å². The van der Waals surface area contributed by atoms with Gasteiger partial charge >= 0.3 is 0 Å². The molecule has 2 aromatic rings. The van der Waals surface area contributed by atoms with Gasteiger partial charge in [0.05, 0.1) is 13.2 Å². The minimum atomic E-state index is -0.577. The van der Waals surface area contributed by atoms with Crippen LogP contribution in [0.3, 0.4) is 0 Å². The van der Waals surface area contributed by atoms with Crippen molar-refractivity contribution in [3.05, 3.63) is 53.6 Å². The van der Waals surface area contributed by atoms with E-state index in [4.69, 9.17) is 9.47 Å². The molecule has 0 aliphatic carbocycles. The average Bonchev–Trinajstić information content (AvgIpc) is 2.48. The van der Waals surface area contributed by atoms with Crippen LogP contribution in [-0.2, 0) is 6.42 Å². The molecule has 0 bridgehead atoms. The van der Waals surface area contributed by atoms with E-state index in [0.717, 1.165) is 12.0 Å². The molecule has 2 aromatic carbocycles. The van der Waals surface area contributed by atoms with Crippen LogP contribution in [0.25, 0.3) is 0 Å². The first kappa shape index (κ1) is 14.4. The third kappa shape index (κ3) is 3.11. The average molecular weight is 272 g/mol. The maximum atomic E-state index is 9.78. The number of methoxy groups -OCH3 is 1. The van der Waals surface area contributed by atoms with E-state index in [2.05, 4.69) is 6.92 Å². The van der Waals surface area contributed by atoms with Crippen LogP contribution in [0.15, 0.2) is 42.5 Å². The zero-order valence-corrected chi connectivity index (χ0v) is 12.1. The number of aliphatic hydroxyl groups is 1. The Morgan fingerprint density at radius 3 is 2.45 bits per heavy atom. The van der Waals surface area contributed by atoms with Gasteiger partial charge in [0, 0.05) is 5.56 Å². The summed E-state index contributed by atoms with van der Waals surface area (Å²) < 4.78 is 11.3. The van der Waals surface area contributed by atoms with E-state index < -0.39 is 6.10 Å². The van der Waals surface area contributed by atoms with Crippen molar-refractivity contribution >= 4 is 0 Å². The van der Waals surface area contributed by atoms with Crippen LogP contribution in [0.2, 0.25) is 0 Å². The zero-order valence-electron chi connectivity index (χ0n) is 12.1. The highest BCUT2D eigenvalue weighted by Gasteiger charge is 2.12. The number of para-hydroxylation sites is 1. The first-order valence-corrected chi connectivity index (χ1v) is 6.77. The van der Waals surface area contributed by atoms with Gasteiger partial charge in [0.1, 0.15) is 5.75 Å². The van der Waals surface area contributed by atoms with Crippen molar-refractivity contribution in [2.75, 3.05) is 7.11 Å². The zero-order chi connectivity index (χ0) is 14.5. The quantitative estimate of drug-likeness (QED) is 0.890. The molecule has 0 spiro atoms. The summed E-state index contributed by atoms with van der Waals surface area (Å²) in [6, 6.07) is 13.3. The summed E-state index contributed by atoms with van der Waals surface area (Å²) in [4.78, 5) is 0. The Labute approximate surface area is 119 Å². The second-order valence-electron chi connectivity index (χ2n) is 4.65. The van der Waals surface area contributed by atoms with Crippen molar-refractivity contribution in [1.82, 2.24) is 0 Å². The molecular formula is C17H20O3. The van der Waals surface area contributed by atoms with Crippen molar-refractivity contribution in [1.29, 1.82) is 0 Å². The molecular weight excluding hydrogens is 252 g/mol. The number of benzene rings is 2. The minimum Gasteiger partial charge on any atom is -0.493 e. The Balaban J connectivity index is 2.35. The molecule has 0 aromatic heterocycles. The molecule has 0 amide bonds. The summed E-state index contributed by atoms with van der Waals surface area (Å²) in [5.41, 5.74) is 1.95. The first-order valence-electron chi connectivity index (χ1n) is 6.77. The monoisotopic (exact) mass is 272 g/mol. The highest BCUT2D eigenvalue weighted by molar-refractivity contribution is 5.47. The van der Waals surface area contributed by atoms with Gasteiger partial charge in [-0.15, -0.1) is 0 Å². The standard InChI is InChI=1S/C17H20O3/c1-4-13-9-10-16(17(11-13)19-3)20-15-8-6-5-7-14(15)12(2)18/h5-12,18H,4H2,1-3H3. The van der Waals surface area contributed by atoms with Gasteiger partial charge in [-0.25, -0.2) is 0 Å². The Hall–Kier alpha value is -2.00. The Bertz CT molecular complexity index is 576. The summed E-state index contributed by atoms with van der Waals surface area (Å²) in [5, 5.41) is 9.78. The van der Waals surface area contributed by atoms with Crippen LogP contribution in [0.4, 0.5) is 0 Å². The van der Waals surface area contributed by atoms with Crippen molar-refractivity contribution in [3.63, 3.8) is 0 Å². The van der Waals surface area contributed by atoms with Crippen LogP contribution in [0, 0.1) is 0 Å². The first-order chi connectivity index (χ1) is 9.65. The maximum Gasteiger partial charge on any atom is 0.169 e. The molecule has 20 heavy (non-hydrogen) atoms. The fraction of sp³-hybridized carbons (Fsp3) is 0.294. The van der Waals surface area contributed by atoms with E-state index >= 15 is 0 Å². The minimum absolute atomic E-state index is 0.577. The number of aryl methyl sites for hydroxylation is 1. The van der Waals surface area contributed by atoms with Crippen LogP contribution in [0.1, 0.15) is 31.1 Å². The molecule has 0 saturated heterocycles. The Morgan fingerprint density at radius 1 is 1.05 bits per heavy atom. The number of rotatable bonds is 5.